The molecule has 1 N–H and O–H groups in total. The number of nitrogens with one attached hydrogen (secondary N) is 1. The molecule has 2 aromatic rings. The number of anilines is 1. The van der Waals surface area contributed by atoms with Gasteiger partial charge in [0, 0.05) is 12.2 Å². The van der Waals surface area contributed by atoms with Gasteiger partial charge in [-0.2, -0.15) is 0 Å². The average molecular weight is 287 g/mol. The van der Waals surface area contributed by atoms with Gasteiger partial charge in [-0.3, -0.25) is 4.98 Å². The minimum Gasteiger partial charge on any atom is -0.377 e. The highest BCUT2D eigenvalue weighted by Gasteiger charge is 2.10. The van der Waals surface area contributed by atoms with Gasteiger partial charge in [0.2, 0.25) is 0 Å². The van der Waals surface area contributed by atoms with E-state index in [9.17, 15) is 4.39 Å². The molecule has 0 bridgehead atoms. The van der Waals surface area contributed by atoms with Crippen molar-refractivity contribution in [2.45, 2.75) is 25.9 Å². The fourth-order valence-corrected chi connectivity index (χ4v) is 2.25. The van der Waals surface area contributed by atoms with Crippen molar-refractivity contribution in [3.63, 3.8) is 0 Å². The van der Waals surface area contributed by atoms with E-state index in [-0.39, 0.29) is 11.9 Å². The first-order chi connectivity index (χ1) is 10.1. The highest BCUT2D eigenvalue weighted by molar-refractivity contribution is 5.46. The number of aromatic nitrogens is 1. The summed E-state index contributed by atoms with van der Waals surface area (Å²) in [5, 5.41) is 3.45. The Morgan fingerprint density at radius 3 is 2.38 bits per heavy atom. The highest BCUT2D eigenvalue weighted by atomic mass is 19.1. The van der Waals surface area contributed by atoms with Crippen molar-refractivity contribution >= 4 is 5.69 Å². The van der Waals surface area contributed by atoms with Crippen LogP contribution >= 0.6 is 0 Å². The molecule has 0 aliphatic rings. The molecule has 1 aromatic carbocycles. The van der Waals surface area contributed by atoms with E-state index in [0.717, 1.165) is 24.3 Å². The van der Waals surface area contributed by atoms with Crippen molar-refractivity contribution in [1.82, 2.24) is 9.88 Å². The van der Waals surface area contributed by atoms with Crippen molar-refractivity contribution in [3.05, 3.63) is 59.7 Å². The van der Waals surface area contributed by atoms with Crippen molar-refractivity contribution in [1.29, 1.82) is 0 Å². The Hall–Kier alpha value is -1.94. The molecule has 1 aromatic heterocycles. The molecule has 0 fully saturated rings. The molecule has 1 atom stereocenters. The summed E-state index contributed by atoms with van der Waals surface area (Å²) in [4.78, 5) is 6.30. The Morgan fingerprint density at radius 2 is 1.86 bits per heavy atom. The van der Waals surface area contributed by atoms with Gasteiger partial charge in [0.25, 0.3) is 0 Å². The third kappa shape index (κ3) is 4.53. The molecular weight excluding hydrogens is 265 g/mol. The van der Waals surface area contributed by atoms with Crippen LogP contribution in [0.3, 0.4) is 0 Å². The lowest BCUT2D eigenvalue weighted by Gasteiger charge is -2.18. The summed E-state index contributed by atoms with van der Waals surface area (Å²) in [7, 11) is 4.11. The van der Waals surface area contributed by atoms with Gasteiger partial charge in [-0.25, -0.2) is 4.39 Å². The molecule has 1 unspecified atom stereocenters. The second-order valence-corrected chi connectivity index (χ2v) is 5.44. The third-order valence-electron chi connectivity index (χ3n) is 3.31. The Kier molecular flexibility index (Phi) is 5.28. The Morgan fingerprint density at radius 1 is 1.14 bits per heavy atom. The van der Waals surface area contributed by atoms with Crippen LogP contribution in [-0.2, 0) is 6.54 Å². The summed E-state index contributed by atoms with van der Waals surface area (Å²) in [6, 6.07) is 11.7. The fraction of sp³-hybridized carbons (Fsp3) is 0.353. The van der Waals surface area contributed by atoms with Gasteiger partial charge in [0.15, 0.2) is 0 Å². The van der Waals surface area contributed by atoms with Crippen molar-refractivity contribution < 1.29 is 4.39 Å². The van der Waals surface area contributed by atoms with Gasteiger partial charge in [0.1, 0.15) is 5.82 Å². The summed E-state index contributed by atoms with van der Waals surface area (Å²) >= 11 is 0. The van der Waals surface area contributed by atoms with Crippen LogP contribution in [0.25, 0.3) is 0 Å². The van der Waals surface area contributed by atoms with E-state index in [1.807, 2.05) is 0 Å². The molecule has 0 saturated heterocycles. The van der Waals surface area contributed by atoms with Crippen LogP contribution in [-0.4, -0.2) is 24.0 Å². The first kappa shape index (κ1) is 15.4. The minimum absolute atomic E-state index is 0.0882. The van der Waals surface area contributed by atoms with Crippen molar-refractivity contribution in [2.24, 2.45) is 0 Å². The van der Waals surface area contributed by atoms with E-state index in [2.05, 4.69) is 60.5 Å². The van der Waals surface area contributed by atoms with Gasteiger partial charge in [-0.1, -0.05) is 19.1 Å². The van der Waals surface area contributed by atoms with Gasteiger partial charge in [-0.15, -0.1) is 0 Å². The predicted octanol–water partition coefficient (Wildman–Crippen LogP) is 3.85. The molecule has 112 valence electrons. The number of pyridine rings is 1. The molecule has 0 spiro atoms. The maximum atomic E-state index is 12.9. The summed E-state index contributed by atoms with van der Waals surface area (Å²) in [5.41, 5.74) is 3.19. The van der Waals surface area contributed by atoms with Gasteiger partial charge >= 0.3 is 0 Å². The first-order valence-corrected chi connectivity index (χ1v) is 7.20. The summed E-state index contributed by atoms with van der Waals surface area (Å²) < 4.78 is 12.9. The van der Waals surface area contributed by atoms with E-state index < -0.39 is 0 Å². The van der Waals surface area contributed by atoms with E-state index in [1.54, 1.807) is 6.07 Å². The molecule has 3 nitrogen and oxygen atoms in total. The number of hydrogen-bond donors (Lipinski definition) is 1. The van der Waals surface area contributed by atoms with Crippen LogP contribution in [0.15, 0.2) is 42.6 Å². The number of hydrogen-bond acceptors (Lipinski definition) is 3. The molecule has 0 aliphatic heterocycles. The number of rotatable bonds is 6. The third-order valence-corrected chi connectivity index (χ3v) is 3.31. The van der Waals surface area contributed by atoms with Crippen molar-refractivity contribution in [3.8, 4) is 0 Å². The van der Waals surface area contributed by atoms with Gasteiger partial charge < -0.3 is 10.2 Å². The lowest BCUT2D eigenvalue weighted by Crippen LogP contribution is -2.12. The second-order valence-electron chi connectivity index (χ2n) is 5.44. The lowest BCUT2D eigenvalue weighted by molar-refractivity contribution is 0.402. The molecular formula is C17H22FN3. The standard InChI is InChI=1S/C17H22FN3/c1-4-16(17-10-7-14(18)11-19-17)20-15-8-5-13(6-9-15)12-21(2)3/h5-11,16,20H,4,12H2,1-3H3. The molecule has 0 amide bonds. The minimum atomic E-state index is -0.304. The lowest BCUT2D eigenvalue weighted by atomic mass is 10.1. The maximum absolute atomic E-state index is 12.9. The van der Waals surface area contributed by atoms with E-state index in [0.29, 0.717) is 0 Å². The van der Waals surface area contributed by atoms with Crippen LogP contribution in [0.2, 0.25) is 0 Å². The average Bonchev–Trinajstić information content (AvgIpc) is 2.47. The van der Waals surface area contributed by atoms with Gasteiger partial charge in [0.05, 0.1) is 17.9 Å². The molecule has 2 rings (SSSR count). The summed E-state index contributed by atoms with van der Waals surface area (Å²) in [5.74, 6) is -0.304. The second kappa shape index (κ2) is 7.18. The number of benzene rings is 1. The SMILES string of the molecule is CCC(Nc1ccc(CN(C)C)cc1)c1ccc(F)cn1. The monoisotopic (exact) mass is 287 g/mol. The molecule has 4 heteroatoms. The van der Waals surface area contributed by atoms with E-state index in [4.69, 9.17) is 0 Å². The smallest absolute Gasteiger partial charge is 0.141 e. The zero-order valence-electron chi connectivity index (χ0n) is 12.8. The Labute approximate surface area is 125 Å². The molecule has 0 saturated carbocycles. The van der Waals surface area contributed by atoms with Crippen LogP contribution in [0, 0.1) is 5.82 Å². The quantitative estimate of drug-likeness (QED) is 0.875. The number of halogens is 1. The van der Waals surface area contributed by atoms with Crippen LogP contribution in [0.1, 0.15) is 30.6 Å². The largest absolute Gasteiger partial charge is 0.377 e. The molecule has 0 aliphatic carbocycles. The van der Waals surface area contributed by atoms with Crippen molar-refractivity contribution in [2.75, 3.05) is 19.4 Å². The Balaban J connectivity index is 2.06. The summed E-state index contributed by atoms with van der Waals surface area (Å²) in [6.07, 6.45) is 2.15. The van der Waals surface area contributed by atoms with Crippen LogP contribution < -0.4 is 5.32 Å². The van der Waals surface area contributed by atoms with Gasteiger partial charge in [-0.05, 0) is 50.3 Å². The summed E-state index contributed by atoms with van der Waals surface area (Å²) in [6.45, 7) is 3.01. The highest BCUT2D eigenvalue weighted by Crippen LogP contribution is 2.21. The number of nitrogens with zero attached hydrogens (tertiary/aromatic N) is 2. The molecule has 0 radical (unpaired) electrons. The zero-order valence-corrected chi connectivity index (χ0v) is 12.8. The van der Waals surface area contributed by atoms with Crippen LogP contribution in [0.4, 0.5) is 10.1 Å². The zero-order chi connectivity index (χ0) is 15.2. The fourth-order valence-electron chi connectivity index (χ4n) is 2.25. The predicted molar refractivity (Wildman–Crippen MR) is 84.7 cm³/mol. The normalized spacial score (nSPS) is 12.4. The Bertz CT molecular complexity index is 549. The van der Waals surface area contributed by atoms with E-state index >= 15 is 0 Å². The first-order valence-electron chi connectivity index (χ1n) is 7.20. The topological polar surface area (TPSA) is 28.2 Å². The van der Waals surface area contributed by atoms with Crippen LogP contribution in [0.5, 0.6) is 0 Å². The van der Waals surface area contributed by atoms with E-state index in [1.165, 1.54) is 17.8 Å². The maximum Gasteiger partial charge on any atom is 0.141 e. The molecule has 1 heterocycles. The molecule has 21 heavy (non-hydrogen) atoms.